The molecule has 2 N–H and O–H groups in total. The van der Waals surface area contributed by atoms with E-state index in [0.717, 1.165) is 55.2 Å². The molecule has 0 radical (unpaired) electrons. The first-order valence-corrected chi connectivity index (χ1v) is 12.9. The molecular formula is C27H37N7O2. The highest BCUT2D eigenvalue weighted by Gasteiger charge is 2.32. The van der Waals surface area contributed by atoms with Gasteiger partial charge in [0, 0.05) is 56.7 Å². The third-order valence-electron chi connectivity index (χ3n) is 6.44. The maximum Gasteiger partial charge on any atom is 0.235 e. The summed E-state index contributed by atoms with van der Waals surface area (Å²) in [6.45, 7) is 9.83. The van der Waals surface area contributed by atoms with E-state index in [9.17, 15) is 4.79 Å². The Morgan fingerprint density at radius 2 is 2.08 bits per heavy atom. The Labute approximate surface area is 213 Å². The largest absolute Gasteiger partial charge is 0.494 e. The fourth-order valence-corrected chi connectivity index (χ4v) is 4.73. The zero-order chi connectivity index (χ0) is 25.3. The van der Waals surface area contributed by atoms with Gasteiger partial charge in [-0.15, -0.1) is 0 Å². The Balaban J connectivity index is 1.45. The van der Waals surface area contributed by atoms with Gasteiger partial charge >= 0.3 is 0 Å². The van der Waals surface area contributed by atoms with Crippen molar-refractivity contribution in [3.8, 4) is 11.7 Å². The molecule has 2 aromatic heterocycles. The fourth-order valence-electron chi connectivity index (χ4n) is 4.73. The quantitative estimate of drug-likeness (QED) is 0.425. The number of aryl methyl sites for hydroxylation is 1. The van der Waals surface area contributed by atoms with Gasteiger partial charge < -0.3 is 15.4 Å². The Morgan fingerprint density at radius 1 is 1.25 bits per heavy atom. The fraction of sp³-hybridized carbons (Fsp3) is 0.481. The van der Waals surface area contributed by atoms with Gasteiger partial charge in [-0.25, -0.2) is 15.0 Å². The van der Waals surface area contributed by atoms with Gasteiger partial charge in [0.1, 0.15) is 12.1 Å². The van der Waals surface area contributed by atoms with Crippen LogP contribution < -0.4 is 15.4 Å². The van der Waals surface area contributed by atoms with Crippen LogP contribution in [-0.2, 0) is 11.3 Å². The second-order valence-electron chi connectivity index (χ2n) is 9.16. The molecule has 9 heteroatoms. The summed E-state index contributed by atoms with van der Waals surface area (Å²) in [5.41, 5.74) is 2.97. The van der Waals surface area contributed by atoms with Crippen molar-refractivity contribution in [2.45, 2.75) is 58.7 Å². The number of amides is 1. The molecule has 0 saturated carbocycles. The number of aromatic nitrogens is 4. The number of carbonyl (C=O) groups excluding carboxylic acids is 1. The smallest absolute Gasteiger partial charge is 0.235 e. The summed E-state index contributed by atoms with van der Waals surface area (Å²) in [4.78, 5) is 29.1. The number of nitrogens with zero attached hydrogens (tertiary/aromatic N) is 5. The molecule has 1 amide bonds. The predicted octanol–water partition coefficient (Wildman–Crippen LogP) is 3.19. The molecule has 36 heavy (non-hydrogen) atoms. The van der Waals surface area contributed by atoms with Crippen molar-refractivity contribution in [1.29, 1.82) is 0 Å². The highest BCUT2D eigenvalue weighted by Crippen LogP contribution is 2.29. The molecule has 1 aliphatic rings. The van der Waals surface area contributed by atoms with Gasteiger partial charge in [0.2, 0.25) is 11.9 Å². The molecule has 9 nitrogen and oxygen atoms in total. The summed E-state index contributed by atoms with van der Waals surface area (Å²) in [5.74, 6) is 1.52. The van der Waals surface area contributed by atoms with E-state index in [1.165, 1.54) is 0 Å². The molecule has 0 bridgehead atoms. The zero-order valence-corrected chi connectivity index (χ0v) is 21.5. The number of imidazole rings is 1. The Kier molecular flexibility index (Phi) is 9.02. The first-order valence-electron chi connectivity index (χ1n) is 12.9. The van der Waals surface area contributed by atoms with Gasteiger partial charge in [0.05, 0.1) is 18.3 Å². The number of carbonyl (C=O) groups is 1. The van der Waals surface area contributed by atoms with Crippen LogP contribution in [-0.4, -0.2) is 62.6 Å². The van der Waals surface area contributed by atoms with Crippen LogP contribution in [0.4, 0.5) is 0 Å². The molecular weight excluding hydrogens is 454 g/mol. The number of piperazine rings is 1. The van der Waals surface area contributed by atoms with Crippen LogP contribution in [0.5, 0.6) is 5.75 Å². The van der Waals surface area contributed by atoms with Gasteiger partial charge in [0.25, 0.3) is 0 Å². The number of hydrogen-bond donors (Lipinski definition) is 2. The number of benzene rings is 1. The van der Waals surface area contributed by atoms with Crippen LogP contribution in [0, 0.1) is 6.92 Å². The number of hydrogen-bond acceptors (Lipinski definition) is 7. The van der Waals surface area contributed by atoms with E-state index in [4.69, 9.17) is 9.72 Å². The van der Waals surface area contributed by atoms with Gasteiger partial charge in [-0.2, -0.15) is 0 Å². The monoisotopic (exact) mass is 491 g/mol. The van der Waals surface area contributed by atoms with Gasteiger partial charge in [0.15, 0.2) is 0 Å². The molecule has 1 aromatic carbocycles. The normalized spacial score (nSPS) is 17.0. The lowest BCUT2D eigenvalue weighted by Gasteiger charge is -2.41. The van der Waals surface area contributed by atoms with Crippen LogP contribution >= 0.6 is 0 Å². The van der Waals surface area contributed by atoms with Gasteiger partial charge in [-0.3, -0.25) is 14.3 Å². The topological polar surface area (TPSA) is 97.2 Å². The minimum absolute atomic E-state index is 0.0517. The zero-order valence-electron chi connectivity index (χ0n) is 21.5. The van der Waals surface area contributed by atoms with E-state index < -0.39 is 0 Å². The van der Waals surface area contributed by atoms with Crippen molar-refractivity contribution in [2.24, 2.45) is 0 Å². The van der Waals surface area contributed by atoms with E-state index in [-0.39, 0.29) is 18.0 Å². The minimum atomic E-state index is 0.0517. The predicted molar refractivity (Wildman–Crippen MR) is 139 cm³/mol. The maximum absolute atomic E-state index is 13.0. The summed E-state index contributed by atoms with van der Waals surface area (Å²) < 4.78 is 7.34. The van der Waals surface area contributed by atoms with Gasteiger partial charge in [-0.05, 0) is 44.0 Å². The standard InChI is InChI=1S/C27H37N7O2/c1-4-6-25(24-15-20(3)31-27(32-24)33-13-11-29-19-33)34-14-12-28-18-22(34)16-26(35)30-17-21-7-9-23(10-8-21)36-5-2/h7-11,13,15,19,22,25,28H,4-6,12,14,16-18H2,1-3H3,(H,30,35). The van der Waals surface area contributed by atoms with Crippen LogP contribution in [0.15, 0.2) is 49.1 Å². The molecule has 2 atom stereocenters. The molecule has 2 unspecified atom stereocenters. The SMILES string of the molecule is CCCC(c1cc(C)nc(-n2ccnc2)n1)N1CCNCC1CC(=O)NCc1ccc(OCC)cc1. The van der Waals surface area contributed by atoms with Crippen molar-refractivity contribution in [2.75, 3.05) is 26.2 Å². The van der Waals surface area contributed by atoms with E-state index >= 15 is 0 Å². The summed E-state index contributed by atoms with van der Waals surface area (Å²) in [6.07, 6.45) is 7.72. The third kappa shape index (κ3) is 6.67. The highest BCUT2D eigenvalue weighted by atomic mass is 16.5. The highest BCUT2D eigenvalue weighted by molar-refractivity contribution is 5.76. The van der Waals surface area contributed by atoms with E-state index in [1.807, 2.05) is 48.9 Å². The lowest BCUT2D eigenvalue weighted by atomic mass is 9.99. The summed E-state index contributed by atoms with van der Waals surface area (Å²) in [6, 6.07) is 10.1. The third-order valence-corrected chi connectivity index (χ3v) is 6.44. The van der Waals surface area contributed by atoms with Crippen LogP contribution in [0.1, 0.15) is 56.1 Å². The molecule has 1 fully saturated rings. The number of rotatable bonds is 11. The van der Waals surface area contributed by atoms with Crippen molar-refractivity contribution >= 4 is 5.91 Å². The number of ether oxygens (including phenoxy) is 1. The first-order chi connectivity index (χ1) is 17.6. The Hall–Kier alpha value is -3.30. The Morgan fingerprint density at radius 3 is 2.81 bits per heavy atom. The molecule has 4 rings (SSSR count). The van der Waals surface area contributed by atoms with Crippen molar-refractivity contribution in [3.05, 3.63) is 66.0 Å². The molecule has 3 aromatic rings. The summed E-state index contributed by atoms with van der Waals surface area (Å²) >= 11 is 0. The molecule has 0 aliphatic carbocycles. The maximum atomic E-state index is 13.0. The first kappa shape index (κ1) is 25.8. The second kappa shape index (κ2) is 12.6. The van der Waals surface area contributed by atoms with Crippen molar-refractivity contribution in [3.63, 3.8) is 0 Å². The average molecular weight is 492 g/mol. The minimum Gasteiger partial charge on any atom is -0.494 e. The Bertz CT molecular complexity index is 1100. The van der Waals surface area contributed by atoms with Crippen molar-refractivity contribution in [1.82, 2.24) is 35.1 Å². The van der Waals surface area contributed by atoms with E-state index in [0.29, 0.717) is 25.5 Å². The van der Waals surface area contributed by atoms with Crippen LogP contribution in [0.2, 0.25) is 0 Å². The molecule has 1 aliphatic heterocycles. The molecule has 192 valence electrons. The molecule has 1 saturated heterocycles. The van der Waals surface area contributed by atoms with E-state index in [1.54, 1.807) is 12.5 Å². The lowest BCUT2D eigenvalue weighted by Crippen LogP contribution is -2.54. The summed E-state index contributed by atoms with van der Waals surface area (Å²) in [5, 5.41) is 6.57. The molecule has 3 heterocycles. The number of nitrogens with one attached hydrogen (secondary N) is 2. The van der Waals surface area contributed by atoms with E-state index in [2.05, 4.69) is 38.5 Å². The summed E-state index contributed by atoms with van der Waals surface area (Å²) in [7, 11) is 0. The average Bonchev–Trinajstić information content (AvgIpc) is 3.43. The van der Waals surface area contributed by atoms with Crippen LogP contribution in [0.25, 0.3) is 5.95 Å². The van der Waals surface area contributed by atoms with Crippen LogP contribution in [0.3, 0.4) is 0 Å². The van der Waals surface area contributed by atoms with Gasteiger partial charge in [-0.1, -0.05) is 25.5 Å². The van der Waals surface area contributed by atoms with Crippen molar-refractivity contribution < 1.29 is 9.53 Å². The molecule has 0 spiro atoms. The second-order valence-corrected chi connectivity index (χ2v) is 9.16. The lowest BCUT2D eigenvalue weighted by molar-refractivity contribution is -0.123.